The van der Waals surface area contributed by atoms with Gasteiger partial charge in [0.2, 0.25) is 0 Å². The smallest absolute Gasteiger partial charge is 0.265 e. The molecule has 0 saturated heterocycles. The number of hydrogen-bond donors (Lipinski definition) is 2. The van der Waals surface area contributed by atoms with Crippen LogP contribution in [0.15, 0.2) is 29.6 Å². The summed E-state index contributed by atoms with van der Waals surface area (Å²) in [5.74, 6) is 0.430. The molecule has 20 heavy (non-hydrogen) atoms. The highest BCUT2D eigenvalue weighted by atomic mass is 32.1. The van der Waals surface area contributed by atoms with Crippen LogP contribution in [0.1, 0.15) is 35.0 Å². The zero-order chi connectivity index (χ0) is 14.7. The summed E-state index contributed by atoms with van der Waals surface area (Å²) in [6.45, 7) is 3.97. The first-order valence-corrected chi connectivity index (χ1v) is 7.17. The quantitative estimate of drug-likeness (QED) is 0.841. The Balaban J connectivity index is 2.39. The summed E-state index contributed by atoms with van der Waals surface area (Å²) in [6, 6.07) is 6.82. The van der Waals surface area contributed by atoms with E-state index < -0.39 is 0 Å². The summed E-state index contributed by atoms with van der Waals surface area (Å²) in [4.78, 5) is 12.8. The molecule has 0 aliphatic carbocycles. The summed E-state index contributed by atoms with van der Waals surface area (Å²) >= 11 is 1.38. The summed E-state index contributed by atoms with van der Waals surface area (Å²) in [5, 5.41) is 14.6. The third-order valence-corrected chi connectivity index (χ3v) is 3.82. The van der Waals surface area contributed by atoms with Gasteiger partial charge in [0.1, 0.15) is 0 Å². The van der Waals surface area contributed by atoms with E-state index in [-0.39, 0.29) is 17.6 Å². The van der Waals surface area contributed by atoms with E-state index in [1.807, 2.05) is 25.3 Å². The minimum atomic E-state index is -0.158. The number of ether oxygens (including phenoxy) is 1. The second kappa shape index (κ2) is 5.96. The first-order valence-electron chi connectivity index (χ1n) is 6.29. The Morgan fingerprint density at radius 1 is 1.35 bits per heavy atom. The van der Waals surface area contributed by atoms with Crippen LogP contribution in [0.5, 0.6) is 11.5 Å². The van der Waals surface area contributed by atoms with Crippen LogP contribution >= 0.6 is 11.3 Å². The van der Waals surface area contributed by atoms with Gasteiger partial charge in [-0.15, -0.1) is 11.3 Å². The topological polar surface area (TPSA) is 58.6 Å². The van der Waals surface area contributed by atoms with Crippen molar-refractivity contribution in [3.8, 4) is 11.5 Å². The Bertz CT molecular complexity index is 606. The number of thiophene rings is 1. The van der Waals surface area contributed by atoms with Crippen LogP contribution in [0.2, 0.25) is 0 Å². The minimum Gasteiger partial charge on any atom is -0.504 e. The molecule has 0 aliphatic heterocycles. The van der Waals surface area contributed by atoms with Crippen LogP contribution in [0.4, 0.5) is 5.69 Å². The predicted molar refractivity (Wildman–Crippen MR) is 81.0 cm³/mol. The molecule has 106 valence electrons. The SMILES string of the molecule is COc1c(O)ccc(NC(=O)c2cccs2)c1C(C)C. The van der Waals surface area contributed by atoms with Gasteiger partial charge in [-0.2, -0.15) is 0 Å². The molecule has 2 N–H and O–H groups in total. The van der Waals surface area contributed by atoms with E-state index in [4.69, 9.17) is 4.74 Å². The lowest BCUT2D eigenvalue weighted by atomic mass is 9.99. The van der Waals surface area contributed by atoms with Gasteiger partial charge in [-0.1, -0.05) is 19.9 Å². The first kappa shape index (κ1) is 14.4. The van der Waals surface area contributed by atoms with Crippen LogP contribution in [-0.2, 0) is 0 Å². The van der Waals surface area contributed by atoms with Crippen molar-refractivity contribution in [2.75, 3.05) is 12.4 Å². The number of anilines is 1. The van der Waals surface area contributed by atoms with E-state index in [9.17, 15) is 9.90 Å². The lowest BCUT2D eigenvalue weighted by Gasteiger charge is -2.18. The Kier molecular flexibility index (Phi) is 4.29. The van der Waals surface area contributed by atoms with E-state index in [1.54, 1.807) is 12.1 Å². The van der Waals surface area contributed by atoms with Gasteiger partial charge in [0.25, 0.3) is 5.91 Å². The van der Waals surface area contributed by atoms with Crippen molar-refractivity contribution < 1.29 is 14.6 Å². The zero-order valence-corrected chi connectivity index (χ0v) is 12.5. The fraction of sp³-hybridized carbons (Fsp3) is 0.267. The van der Waals surface area contributed by atoms with Gasteiger partial charge in [-0.3, -0.25) is 4.79 Å². The molecule has 5 heteroatoms. The number of aromatic hydroxyl groups is 1. The second-order valence-corrected chi connectivity index (χ2v) is 5.61. The van der Waals surface area contributed by atoms with E-state index in [0.29, 0.717) is 16.3 Å². The molecule has 2 rings (SSSR count). The van der Waals surface area contributed by atoms with Crippen molar-refractivity contribution in [2.24, 2.45) is 0 Å². The maximum Gasteiger partial charge on any atom is 0.265 e. The minimum absolute atomic E-state index is 0.0744. The number of carbonyl (C=O) groups is 1. The van der Waals surface area contributed by atoms with Crippen molar-refractivity contribution in [2.45, 2.75) is 19.8 Å². The average Bonchev–Trinajstić information content (AvgIpc) is 2.94. The zero-order valence-electron chi connectivity index (χ0n) is 11.6. The Morgan fingerprint density at radius 3 is 2.65 bits per heavy atom. The van der Waals surface area contributed by atoms with E-state index in [2.05, 4.69) is 5.32 Å². The van der Waals surface area contributed by atoms with E-state index in [1.165, 1.54) is 24.5 Å². The van der Waals surface area contributed by atoms with Gasteiger partial charge in [-0.05, 0) is 29.5 Å². The number of methoxy groups -OCH3 is 1. The molecule has 0 spiro atoms. The first-order chi connectivity index (χ1) is 9.54. The Labute approximate surface area is 122 Å². The number of amides is 1. The van der Waals surface area contributed by atoms with Gasteiger partial charge < -0.3 is 15.2 Å². The van der Waals surface area contributed by atoms with Crippen LogP contribution < -0.4 is 10.1 Å². The van der Waals surface area contributed by atoms with Crippen molar-refractivity contribution in [3.63, 3.8) is 0 Å². The Hall–Kier alpha value is -2.01. The van der Waals surface area contributed by atoms with Crippen molar-refractivity contribution >= 4 is 22.9 Å². The number of carbonyl (C=O) groups excluding carboxylic acids is 1. The fourth-order valence-electron chi connectivity index (χ4n) is 2.08. The lowest BCUT2D eigenvalue weighted by molar-refractivity contribution is 0.103. The predicted octanol–water partition coefficient (Wildman–Crippen LogP) is 3.84. The molecule has 0 unspecified atom stereocenters. The number of benzene rings is 1. The third kappa shape index (κ3) is 2.77. The summed E-state index contributed by atoms with van der Waals surface area (Å²) < 4.78 is 5.25. The van der Waals surface area contributed by atoms with Gasteiger partial charge in [-0.25, -0.2) is 0 Å². The lowest BCUT2D eigenvalue weighted by Crippen LogP contribution is -2.13. The number of nitrogens with one attached hydrogen (secondary N) is 1. The molecule has 0 bridgehead atoms. The number of phenols is 1. The van der Waals surface area contributed by atoms with Crippen molar-refractivity contribution in [3.05, 3.63) is 40.1 Å². The highest BCUT2D eigenvalue weighted by molar-refractivity contribution is 7.12. The van der Waals surface area contributed by atoms with E-state index >= 15 is 0 Å². The van der Waals surface area contributed by atoms with Crippen molar-refractivity contribution in [1.82, 2.24) is 0 Å². The van der Waals surface area contributed by atoms with Gasteiger partial charge in [0, 0.05) is 11.3 Å². The summed E-state index contributed by atoms with van der Waals surface area (Å²) in [6.07, 6.45) is 0. The average molecular weight is 291 g/mol. The third-order valence-electron chi connectivity index (χ3n) is 2.95. The molecule has 1 aromatic carbocycles. The fourth-order valence-corrected chi connectivity index (χ4v) is 2.70. The highest BCUT2D eigenvalue weighted by Crippen LogP contribution is 2.40. The molecule has 1 heterocycles. The van der Waals surface area contributed by atoms with Gasteiger partial charge in [0.15, 0.2) is 11.5 Å². The van der Waals surface area contributed by atoms with E-state index in [0.717, 1.165) is 5.56 Å². The molecule has 0 fully saturated rings. The molecule has 1 amide bonds. The number of phenolic OH excluding ortho intramolecular Hbond substituents is 1. The standard InChI is InChI=1S/C15H17NO3S/c1-9(2)13-10(6-7-11(17)14(13)19-3)16-15(18)12-5-4-8-20-12/h4-9,17H,1-3H3,(H,16,18). The summed E-state index contributed by atoms with van der Waals surface area (Å²) in [7, 11) is 1.51. The molecular weight excluding hydrogens is 274 g/mol. The highest BCUT2D eigenvalue weighted by Gasteiger charge is 2.19. The maximum absolute atomic E-state index is 12.1. The molecule has 0 radical (unpaired) electrons. The molecule has 0 atom stereocenters. The van der Waals surface area contributed by atoms with Crippen LogP contribution in [0.25, 0.3) is 0 Å². The maximum atomic E-state index is 12.1. The second-order valence-electron chi connectivity index (χ2n) is 4.67. The van der Waals surface area contributed by atoms with Gasteiger partial charge in [0.05, 0.1) is 12.0 Å². The molecule has 1 aromatic heterocycles. The normalized spacial score (nSPS) is 10.6. The molecule has 0 saturated carbocycles. The number of hydrogen-bond acceptors (Lipinski definition) is 4. The monoisotopic (exact) mass is 291 g/mol. The molecular formula is C15H17NO3S. The largest absolute Gasteiger partial charge is 0.504 e. The molecule has 4 nitrogen and oxygen atoms in total. The molecule has 2 aromatic rings. The Morgan fingerprint density at radius 2 is 2.10 bits per heavy atom. The number of rotatable bonds is 4. The van der Waals surface area contributed by atoms with Gasteiger partial charge >= 0.3 is 0 Å². The van der Waals surface area contributed by atoms with Crippen LogP contribution in [0.3, 0.4) is 0 Å². The molecule has 0 aliphatic rings. The summed E-state index contributed by atoms with van der Waals surface area (Å²) in [5.41, 5.74) is 1.45. The van der Waals surface area contributed by atoms with Crippen molar-refractivity contribution in [1.29, 1.82) is 0 Å². The van der Waals surface area contributed by atoms with Crippen LogP contribution in [0, 0.1) is 0 Å². The van der Waals surface area contributed by atoms with Crippen LogP contribution in [-0.4, -0.2) is 18.1 Å².